The molecular weight excluding hydrogens is 398 g/mol. The molecule has 1 atom stereocenters. The Kier molecular flexibility index (Phi) is 5.04. The van der Waals surface area contributed by atoms with Crippen LogP contribution in [0.4, 0.5) is 17.6 Å². The van der Waals surface area contributed by atoms with E-state index in [1.165, 1.54) is 25.1 Å². The Bertz CT molecular complexity index is 1210. The number of alkyl halides is 3. The molecule has 0 bridgehead atoms. The van der Waals surface area contributed by atoms with Gasteiger partial charge >= 0.3 is 6.18 Å². The van der Waals surface area contributed by atoms with Crippen molar-refractivity contribution < 1.29 is 21.8 Å². The molecule has 3 aromatic rings. The van der Waals surface area contributed by atoms with Crippen LogP contribution in [0.25, 0.3) is 16.6 Å². The molecule has 0 saturated heterocycles. The molecule has 10 heteroatoms. The van der Waals surface area contributed by atoms with E-state index < -0.39 is 34.1 Å². The lowest BCUT2D eigenvalue weighted by Crippen LogP contribution is -2.22. The Balaban J connectivity index is 2.20. The molecule has 5 nitrogen and oxygen atoms in total. The van der Waals surface area contributed by atoms with Crippen LogP contribution < -0.4 is 5.56 Å². The molecule has 28 heavy (non-hydrogen) atoms. The predicted molar refractivity (Wildman–Crippen MR) is 94.1 cm³/mol. The fourth-order valence-electron chi connectivity index (χ4n) is 2.66. The van der Waals surface area contributed by atoms with E-state index in [4.69, 9.17) is 5.26 Å². The molecule has 2 aromatic carbocycles. The molecule has 0 aliphatic rings. The molecule has 0 spiro atoms. The third-order valence-electron chi connectivity index (χ3n) is 3.93. The van der Waals surface area contributed by atoms with Crippen LogP contribution in [0.2, 0.25) is 0 Å². The molecule has 0 fully saturated rings. The molecule has 1 unspecified atom stereocenters. The van der Waals surface area contributed by atoms with Gasteiger partial charge in [-0.3, -0.25) is 13.6 Å². The van der Waals surface area contributed by atoms with Crippen LogP contribution in [0.3, 0.4) is 0 Å². The number of nitriles is 1. The minimum absolute atomic E-state index is 0.0412. The van der Waals surface area contributed by atoms with Crippen LogP contribution in [0.5, 0.6) is 0 Å². The van der Waals surface area contributed by atoms with Gasteiger partial charge in [-0.25, -0.2) is 9.37 Å². The summed E-state index contributed by atoms with van der Waals surface area (Å²) in [5, 5.41) is 9.02. The molecule has 0 aliphatic heterocycles. The summed E-state index contributed by atoms with van der Waals surface area (Å²) in [5.41, 5.74) is -0.554. The van der Waals surface area contributed by atoms with Gasteiger partial charge in [0.15, 0.2) is 0 Å². The first-order valence-corrected chi connectivity index (χ1v) is 9.10. The van der Waals surface area contributed by atoms with Crippen LogP contribution in [-0.4, -0.2) is 25.7 Å². The van der Waals surface area contributed by atoms with Crippen LogP contribution >= 0.6 is 0 Å². The summed E-state index contributed by atoms with van der Waals surface area (Å²) in [4.78, 5) is 16.5. The lowest BCUT2D eigenvalue weighted by atomic mass is 10.1. The third-order valence-corrected chi connectivity index (χ3v) is 5.45. The van der Waals surface area contributed by atoms with Gasteiger partial charge < -0.3 is 0 Å². The normalized spacial score (nSPS) is 12.7. The number of aryl methyl sites for hydroxylation is 1. The zero-order chi connectivity index (χ0) is 20.6. The first-order chi connectivity index (χ1) is 13.1. The molecule has 3 rings (SSSR count). The monoisotopic (exact) mass is 409 g/mol. The lowest BCUT2D eigenvalue weighted by molar-refractivity contribution is -0.105. The van der Waals surface area contributed by atoms with Crippen molar-refractivity contribution >= 4 is 21.7 Å². The molecule has 0 amide bonds. The first-order valence-electron chi connectivity index (χ1n) is 7.78. The van der Waals surface area contributed by atoms with E-state index >= 15 is 0 Å². The number of aromatic nitrogens is 2. The van der Waals surface area contributed by atoms with Gasteiger partial charge in [0.25, 0.3) is 5.56 Å². The van der Waals surface area contributed by atoms with Crippen molar-refractivity contribution in [1.82, 2.24) is 9.55 Å². The fraction of sp³-hybridized carbons (Fsp3) is 0.167. The molecule has 0 radical (unpaired) electrons. The molecule has 0 saturated carbocycles. The van der Waals surface area contributed by atoms with Gasteiger partial charge in [-0.1, -0.05) is 0 Å². The van der Waals surface area contributed by atoms with Gasteiger partial charge in [-0.05, 0) is 42.8 Å². The Hall–Kier alpha value is -3.06. The number of halogens is 4. The number of benzene rings is 2. The van der Waals surface area contributed by atoms with Gasteiger partial charge in [0.2, 0.25) is 0 Å². The highest BCUT2D eigenvalue weighted by Gasteiger charge is 2.32. The van der Waals surface area contributed by atoms with E-state index in [-0.39, 0.29) is 32.6 Å². The average molecular weight is 409 g/mol. The maximum Gasteiger partial charge on any atom is 0.400 e. The molecule has 0 N–H and O–H groups in total. The Morgan fingerprint density at radius 3 is 2.61 bits per heavy atom. The number of fused-ring (bicyclic) bond motifs is 1. The number of hydrogen-bond donors (Lipinski definition) is 0. The third kappa shape index (κ3) is 3.80. The fourth-order valence-corrected chi connectivity index (χ4v) is 3.78. The minimum Gasteiger partial charge on any atom is -0.268 e. The Labute approximate surface area is 158 Å². The van der Waals surface area contributed by atoms with Gasteiger partial charge in [-0.2, -0.15) is 18.4 Å². The smallest absolute Gasteiger partial charge is 0.268 e. The predicted octanol–water partition coefficient (Wildman–Crippen LogP) is 3.37. The number of rotatable bonds is 3. The first kappa shape index (κ1) is 19.7. The Morgan fingerprint density at radius 1 is 1.25 bits per heavy atom. The van der Waals surface area contributed by atoms with E-state index in [1.54, 1.807) is 0 Å². The van der Waals surface area contributed by atoms with Gasteiger partial charge in [0, 0.05) is 4.90 Å². The molecule has 1 aromatic heterocycles. The Morgan fingerprint density at radius 2 is 1.96 bits per heavy atom. The highest BCUT2D eigenvalue weighted by molar-refractivity contribution is 7.85. The lowest BCUT2D eigenvalue weighted by Gasteiger charge is -2.13. The van der Waals surface area contributed by atoms with E-state index in [0.29, 0.717) is 0 Å². The van der Waals surface area contributed by atoms with E-state index in [1.807, 2.05) is 6.07 Å². The van der Waals surface area contributed by atoms with Crippen LogP contribution in [0.1, 0.15) is 11.1 Å². The quantitative estimate of drug-likeness (QED) is 0.622. The van der Waals surface area contributed by atoms with Crippen molar-refractivity contribution in [2.75, 3.05) is 5.75 Å². The van der Waals surface area contributed by atoms with Crippen molar-refractivity contribution in [3.63, 3.8) is 0 Å². The highest BCUT2D eigenvalue weighted by atomic mass is 32.2. The summed E-state index contributed by atoms with van der Waals surface area (Å²) in [7, 11) is -2.47. The van der Waals surface area contributed by atoms with Crippen molar-refractivity contribution in [1.29, 1.82) is 5.26 Å². The number of nitrogens with zero attached hydrogens (tertiary/aromatic N) is 3. The van der Waals surface area contributed by atoms with E-state index in [0.717, 1.165) is 23.0 Å². The SMILES string of the molecule is Cc1cc(F)c(-n2cnc3ccc(C#N)cc3c2=O)cc1S(=O)CC(F)(F)F. The van der Waals surface area contributed by atoms with Gasteiger partial charge in [-0.15, -0.1) is 0 Å². The summed E-state index contributed by atoms with van der Waals surface area (Å²) in [6.07, 6.45) is -3.64. The maximum absolute atomic E-state index is 14.5. The molecule has 144 valence electrons. The van der Waals surface area contributed by atoms with E-state index in [9.17, 15) is 26.6 Å². The summed E-state index contributed by atoms with van der Waals surface area (Å²) >= 11 is 0. The summed E-state index contributed by atoms with van der Waals surface area (Å²) in [6.45, 7) is 1.33. The topological polar surface area (TPSA) is 75.8 Å². The molecular formula is C18H11F4N3O2S. The van der Waals surface area contributed by atoms with Crippen molar-refractivity contribution in [3.05, 3.63) is 64.0 Å². The average Bonchev–Trinajstić information content (AvgIpc) is 2.61. The van der Waals surface area contributed by atoms with Crippen molar-refractivity contribution in [3.8, 4) is 11.8 Å². The van der Waals surface area contributed by atoms with E-state index in [2.05, 4.69) is 4.98 Å². The van der Waals surface area contributed by atoms with Crippen LogP contribution in [0.15, 0.2) is 46.3 Å². The number of hydrogen-bond acceptors (Lipinski definition) is 4. The largest absolute Gasteiger partial charge is 0.400 e. The second kappa shape index (κ2) is 7.16. The zero-order valence-corrected chi connectivity index (χ0v) is 15.1. The highest BCUT2D eigenvalue weighted by Crippen LogP contribution is 2.25. The van der Waals surface area contributed by atoms with Gasteiger partial charge in [0.05, 0.1) is 39.0 Å². The summed E-state index contributed by atoms with van der Waals surface area (Å²) in [5.74, 6) is -2.47. The van der Waals surface area contributed by atoms with Crippen molar-refractivity contribution in [2.45, 2.75) is 18.0 Å². The second-order valence-electron chi connectivity index (χ2n) is 5.94. The maximum atomic E-state index is 14.5. The molecule has 1 heterocycles. The zero-order valence-electron chi connectivity index (χ0n) is 14.2. The van der Waals surface area contributed by atoms with Crippen LogP contribution in [-0.2, 0) is 10.8 Å². The minimum atomic E-state index is -4.67. The van der Waals surface area contributed by atoms with Gasteiger partial charge in [0.1, 0.15) is 17.9 Å². The van der Waals surface area contributed by atoms with Crippen LogP contribution in [0, 0.1) is 24.1 Å². The molecule has 0 aliphatic carbocycles. The summed E-state index contributed by atoms with van der Waals surface area (Å²) in [6, 6.07) is 7.95. The standard InChI is InChI=1S/C18H11F4N3O2S/c1-10-4-13(19)15(6-16(10)28(27)8-18(20,21)22)25-9-24-14-3-2-11(7-23)5-12(14)17(25)26/h2-6,9H,8H2,1H3. The second-order valence-corrected chi connectivity index (χ2v) is 7.36. The summed E-state index contributed by atoms with van der Waals surface area (Å²) < 4.78 is 65.1. The van der Waals surface area contributed by atoms with Crippen molar-refractivity contribution in [2.24, 2.45) is 0 Å².